The molecule has 2 amide bonds. The third-order valence-corrected chi connectivity index (χ3v) is 3.88. The second-order valence-corrected chi connectivity index (χ2v) is 6.01. The number of anilines is 1. The van der Waals surface area contributed by atoms with E-state index < -0.39 is 0 Å². The Balaban J connectivity index is 1.56. The molecule has 0 aliphatic rings. The smallest absolute Gasteiger partial charge is 0.251 e. The van der Waals surface area contributed by atoms with Gasteiger partial charge in [0.2, 0.25) is 17.6 Å². The molecule has 0 aliphatic carbocycles. The molecule has 2 aromatic carbocycles. The molecular formula is C20H19FN4O3. The molecule has 0 saturated heterocycles. The first-order valence-corrected chi connectivity index (χ1v) is 8.82. The average molecular weight is 382 g/mol. The van der Waals surface area contributed by atoms with Crippen molar-refractivity contribution in [2.45, 2.75) is 19.8 Å². The van der Waals surface area contributed by atoms with E-state index in [1.807, 2.05) is 6.92 Å². The van der Waals surface area contributed by atoms with Crippen LogP contribution in [-0.4, -0.2) is 28.5 Å². The summed E-state index contributed by atoms with van der Waals surface area (Å²) in [5.74, 6) is -0.136. The molecule has 0 radical (unpaired) electrons. The van der Waals surface area contributed by atoms with Crippen LogP contribution in [0.15, 0.2) is 53.1 Å². The number of rotatable bonds is 7. The predicted octanol–water partition coefficient (Wildman–Crippen LogP) is 3.20. The molecule has 7 nitrogen and oxygen atoms in total. The Morgan fingerprint density at radius 2 is 1.93 bits per heavy atom. The minimum Gasteiger partial charge on any atom is -0.352 e. The summed E-state index contributed by atoms with van der Waals surface area (Å²) in [6.45, 7) is 2.36. The number of nitrogens with zero attached hydrogens (tertiary/aromatic N) is 2. The number of aryl methyl sites for hydroxylation is 1. The summed E-state index contributed by atoms with van der Waals surface area (Å²) >= 11 is 0. The molecule has 0 bridgehead atoms. The highest BCUT2D eigenvalue weighted by molar-refractivity contribution is 5.97. The van der Waals surface area contributed by atoms with Crippen molar-refractivity contribution >= 4 is 17.5 Å². The number of nitrogens with one attached hydrogen (secondary N) is 2. The maximum absolute atomic E-state index is 13.0. The van der Waals surface area contributed by atoms with Gasteiger partial charge in [-0.1, -0.05) is 11.2 Å². The van der Waals surface area contributed by atoms with Crippen LogP contribution in [0.3, 0.4) is 0 Å². The van der Waals surface area contributed by atoms with E-state index in [0.29, 0.717) is 35.1 Å². The summed E-state index contributed by atoms with van der Waals surface area (Å²) in [7, 11) is 0. The monoisotopic (exact) mass is 382 g/mol. The lowest BCUT2D eigenvalue weighted by Crippen LogP contribution is -2.22. The molecule has 0 atom stereocenters. The zero-order chi connectivity index (χ0) is 19.9. The van der Waals surface area contributed by atoms with Gasteiger partial charge >= 0.3 is 0 Å². The first kappa shape index (κ1) is 19.2. The Morgan fingerprint density at radius 3 is 2.68 bits per heavy atom. The van der Waals surface area contributed by atoms with Gasteiger partial charge in [-0.25, -0.2) is 4.39 Å². The van der Waals surface area contributed by atoms with E-state index in [1.54, 1.807) is 36.4 Å². The third kappa shape index (κ3) is 5.00. The summed E-state index contributed by atoms with van der Waals surface area (Å²) in [6, 6.07) is 12.4. The Bertz CT molecular complexity index is 970. The molecule has 28 heavy (non-hydrogen) atoms. The maximum Gasteiger partial charge on any atom is 0.251 e. The van der Waals surface area contributed by atoms with E-state index in [4.69, 9.17) is 4.52 Å². The van der Waals surface area contributed by atoms with E-state index in [-0.39, 0.29) is 30.5 Å². The number of benzene rings is 2. The highest BCUT2D eigenvalue weighted by atomic mass is 19.1. The van der Waals surface area contributed by atoms with Crippen molar-refractivity contribution in [3.8, 4) is 11.4 Å². The standard InChI is InChI=1S/C20H19FN4O3/c1-2-22-20(27)14-4-3-5-16(12-14)23-17(26)10-11-18-24-19(25-28-18)13-6-8-15(21)9-7-13/h3-9,12H,2,10-11H2,1H3,(H,22,27)(H,23,26). The summed E-state index contributed by atoms with van der Waals surface area (Å²) in [4.78, 5) is 28.2. The molecule has 144 valence electrons. The van der Waals surface area contributed by atoms with Gasteiger partial charge in [0, 0.05) is 36.2 Å². The van der Waals surface area contributed by atoms with Gasteiger partial charge in [-0.15, -0.1) is 0 Å². The molecule has 0 spiro atoms. The molecule has 0 aliphatic heterocycles. The van der Waals surface area contributed by atoms with Crippen LogP contribution in [0, 0.1) is 5.82 Å². The summed E-state index contributed by atoms with van der Waals surface area (Å²) < 4.78 is 18.1. The Labute approximate surface area is 161 Å². The zero-order valence-electron chi connectivity index (χ0n) is 15.2. The highest BCUT2D eigenvalue weighted by Gasteiger charge is 2.12. The van der Waals surface area contributed by atoms with Crippen molar-refractivity contribution in [3.63, 3.8) is 0 Å². The molecule has 1 heterocycles. The summed E-state index contributed by atoms with van der Waals surface area (Å²) in [5.41, 5.74) is 1.63. The van der Waals surface area contributed by atoms with Gasteiger partial charge in [0.15, 0.2) is 0 Å². The number of amides is 2. The average Bonchev–Trinajstić information content (AvgIpc) is 3.16. The van der Waals surface area contributed by atoms with Gasteiger partial charge in [0.25, 0.3) is 5.91 Å². The van der Waals surface area contributed by atoms with Crippen LogP contribution in [0.4, 0.5) is 10.1 Å². The number of aromatic nitrogens is 2. The number of halogens is 1. The van der Waals surface area contributed by atoms with Crippen LogP contribution < -0.4 is 10.6 Å². The van der Waals surface area contributed by atoms with Crippen LogP contribution in [0.1, 0.15) is 29.6 Å². The van der Waals surface area contributed by atoms with Crippen molar-refractivity contribution in [2.75, 3.05) is 11.9 Å². The summed E-state index contributed by atoms with van der Waals surface area (Å²) in [5, 5.41) is 9.29. The maximum atomic E-state index is 13.0. The lowest BCUT2D eigenvalue weighted by Gasteiger charge is -2.07. The summed E-state index contributed by atoms with van der Waals surface area (Å²) in [6.07, 6.45) is 0.395. The molecule has 2 N–H and O–H groups in total. The second-order valence-electron chi connectivity index (χ2n) is 6.01. The fourth-order valence-electron chi connectivity index (χ4n) is 2.52. The quantitative estimate of drug-likeness (QED) is 0.654. The molecule has 1 aromatic heterocycles. The van der Waals surface area contributed by atoms with E-state index >= 15 is 0 Å². The lowest BCUT2D eigenvalue weighted by atomic mass is 10.2. The number of carbonyl (C=O) groups is 2. The molecule has 3 rings (SSSR count). The number of hydrogen-bond donors (Lipinski definition) is 2. The highest BCUT2D eigenvalue weighted by Crippen LogP contribution is 2.17. The van der Waals surface area contributed by atoms with Crippen LogP contribution in [0.2, 0.25) is 0 Å². The third-order valence-electron chi connectivity index (χ3n) is 3.88. The first-order chi connectivity index (χ1) is 13.5. The second kappa shape index (κ2) is 8.90. The van der Waals surface area contributed by atoms with Crippen LogP contribution in [-0.2, 0) is 11.2 Å². The molecule has 0 unspecified atom stereocenters. The molecule has 0 saturated carbocycles. The van der Waals surface area contributed by atoms with Gasteiger partial charge in [-0.3, -0.25) is 9.59 Å². The first-order valence-electron chi connectivity index (χ1n) is 8.82. The van der Waals surface area contributed by atoms with Crippen molar-refractivity contribution in [3.05, 3.63) is 65.8 Å². The van der Waals surface area contributed by atoms with Gasteiger partial charge < -0.3 is 15.2 Å². The topological polar surface area (TPSA) is 97.1 Å². The SMILES string of the molecule is CCNC(=O)c1cccc(NC(=O)CCc2nc(-c3ccc(F)cc3)no2)c1. The van der Waals surface area contributed by atoms with Gasteiger partial charge in [0.05, 0.1) is 0 Å². The van der Waals surface area contributed by atoms with Crippen molar-refractivity contribution in [1.29, 1.82) is 0 Å². The molecular weight excluding hydrogens is 363 g/mol. The van der Waals surface area contributed by atoms with Crippen LogP contribution in [0.25, 0.3) is 11.4 Å². The largest absolute Gasteiger partial charge is 0.352 e. The molecule has 3 aromatic rings. The minimum absolute atomic E-state index is 0.135. The number of carbonyl (C=O) groups excluding carboxylic acids is 2. The predicted molar refractivity (Wildman–Crippen MR) is 101 cm³/mol. The van der Waals surface area contributed by atoms with Gasteiger partial charge in [0.1, 0.15) is 5.82 Å². The number of hydrogen-bond acceptors (Lipinski definition) is 5. The lowest BCUT2D eigenvalue weighted by molar-refractivity contribution is -0.116. The van der Waals surface area contributed by atoms with E-state index in [2.05, 4.69) is 20.8 Å². The van der Waals surface area contributed by atoms with E-state index in [0.717, 1.165) is 0 Å². The zero-order valence-corrected chi connectivity index (χ0v) is 15.2. The van der Waals surface area contributed by atoms with E-state index in [1.165, 1.54) is 12.1 Å². The minimum atomic E-state index is -0.347. The van der Waals surface area contributed by atoms with Crippen molar-refractivity contribution < 1.29 is 18.5 Å². The van der Waals surface area contributed by atoms with E-state index in [9.17, 15) is 14.0 Å². The molecule has 8 heteroatoms. The molecule has 0 fully saturated rings. The van der Waals surface area contributed by atoms with Crippen LogP contribution in [0.5, 0.6) is 0 Å². The van der Waals surface area contributed by atoms with Gasteiger partial charge in [-0.05, 0) is 49.4 Å². The Kier molecular flexibility index (Phi) is 6.11. The van der Waals surface area contributed by atoms with Crippen molar-refractivity contribution in [2.24, 2.45) is 0 Å². The normalized spacial score (nSPS) is 10.5. The Hall–Kier alpha value is -3.55. The van der Waals surface area contributed by atoms with Crippen molar-refractivity contribution in [1.82, 2.24) is 15.5 Å². The fraction of sp³-hybridized carbons (Fsp3) is 0.200. The Morgan fingerprint density at radius 1 is 1.14 bits per heavy atom. The van der Waals surface area contributed by atoms with Gasteiger partial charge in [-0.2, -0.15) is 4.98 Å². The fourth-order valence-corrected chi connectivity index (χ4v) is 2.52. The van der Waals surface area contributed by atoms with Crippen LogP contribution >= 0.6 is 0 Å².